The Hall–Kier alpha value is -1.57. The van der Waals surface area contributed by atoms with Gasteiger partial charge in [0.15, 0.2) is 18.9 Å². The van der Waals surface area contributed by atoms with Gasteiger partial charge in [-0.2, -0.15) is 0 Å². The van der Waals surface area contributed by atoms with E-state index in [0.717, 1.165) is 0 Å². The summed E-state index contributed by atoms with van der Waals surface area (Å²) in [4.78, 5) is 24.1. The summed E-state index contributed by atoms with van der Waals surface area (Å²) in [6.07, 6.45) is 3.70. The third-order valence-corrected chi connectivity index (χ3v) is 5.46. The molecular weight excluding hydrogens is 326 g/mol. The van der Waals surface area contributed by atoms with Crippen LogP contribution in [0.4, 0.5) is 0 Å². The van der Waals surface area contributed by atoms with E-state index in [1.54, 1.807) is 6.92 Å². The standard InChI is InChI=1S/C14H15N3O3S.ClH/c1-14-11(15)12(18)17(14)10(13(19)20)9(8-21-14)7-16-5-3-2-4-6-16;/h2-6,11H,7-8,15H2,1H3;1H/t11-,14-;/m1./s1. The van der Waals surface area contributed by atoms with E-state index in [4.69, 9.17) is 5.73 Å². The maximum atomic E-state index is 12.0. The predicted octanol–water partition coefficient (Wildman–Crippen LogP) is -0.968. The van der Waals surface area contributed by atoms with Gasteiger partial charge in [-0.1, -0.05) is 6.07 Å². The number of hydrogen-bond donors (Lipinski definition) is 1. The van der Waals surface area contributed by atoms with Gasteiger partial charge in [0.25, 0.3) is 0 Å². The molecule has 2 aliphatic rings. The number of β-lactam (4-membered cyclic amide) rings is 1. The van der Waals surface area contributed by atoms with E-state index in [-0.39, 0.29) is 24.0 Å². The topological polar surface area (TPSA) is 90.3 Å². The first-order chi connectivity index (χ1) is 9.95. The Morgan fingerprint density at radius 1 is 1.50 bits per heavy atom. The molecule has 3 heterocycles. The Kier molecular flexibility index (Phi) is 4.51. The second kappa shape index (κ2) is 5.91. The highest BCUT2D eigenvalue weighted by atomic mass is 35.5. The highest BCUT2D eigenvalue weighted by Crippen LogP contribution is 2.48. The van der Waals surface area contributed by atoms with Crippen molar-refractivity contribution in [3.63, 3.8) is 0 Å². The smallest absolute Gasteiger partial charge is 0.248 e. The van der Waals surface area contributed by atoms with E-state index in [1.807, 2.05) is 35.2 Å². The normalized spacial score (nSPS) is 26.9. The average molecular weight is 342 g/mol. The number of carbonyl (C=O) groups is 2. The molecule has 0 unspecified atom stereocenters. The van der Waals surface area contributed by atoms with Crippen molar-refractivity contribution >= 4 is 36.0 Å². The molecule has 1 aromatic rings. The van der Waals surface area contributed by atoms with Crippen LogP contribution in [-0.4, -0.2) is 33.4 Å². The van der Waals surface area contributed by atoms with Gasteiger partial charge in [-0.05, 0) is 6.92 Å². The summed E-state index contributed by atoms with van der Waals surface area (Å²) >= 11 is 1.49. The summed E-state index contributed by atoms with van der Waals surface area (Å²) in [5.41, 5.74) is 6.45. The Morgan fingerprint density at radius 3 is 2.73 bits per heavy atom. The highest BCUT2D eigenvalue weighted by Gasteiger charge is 2.59. The molecule has 0 bridgehead atoms. The van der Waals surface area contributed by atoms with Crippen LogP contribution < -0.4 is 15.4 Å². The second-order valence-corrected chi connectivity index (χ2v) is 6.69. The minimum absolute atomic E-state index is 0. The molecule has 1 aromatic heterocycles. The summed E-state index contributed by atoms with van der Waals surface area (Å²) < 4.78 is 1.87. The Bertz CT molecular complexity index is 652. The largest absolute Gasteiger partial charge is 0.543 e. The number of pyridine rings is 1. The molecule has 22 heavy (non-hydrogen) atoms. The maximum absolute atomic E-state index is 12.0. The van der Waals surface area contributed by atoms with Gasteiger partial charge in [-0.3, -0.25) is 9.69 Å². The van der Waals surface area contributed by atoms with Crippen molar-refractivity contribution in [1.82, 2.24) is 4.90 Å². The molecule has 0 radical (unpaired) electrons. The molecule has 3 rings (SSSR count). The number of amides is 1. The van der Waals surface area contributed by atoms with Crippen molar-refractivity contribution in [3.05, 3.63) is 41.9 Å². The zero-order valence-electron chi connectivity index (χ0n) is 11.9. The minimum Gasteiger partial charge on any atom is -0.543 e. The van der Waals surface area contributed by atoms with Gasteiger partial charge in [0.05, 0.1) is 11.7 Å². The Balaban J connectivity index is 0.00000176. The molecule has 1 amide bonds. The number of carboxylic acids is 1. The minimum atomic E-state index is -1.33. The molecule has 0 saturated carbocycles. The first-order valence-corrected chi connectivity index (χ1v) is 7.55. The van der Waals surface area contributed by atoms with Crippen LogP contribution in [0.15, 0.2) is 41.9 Å². The van der Waals surface area contributed by atoms with Crippen molar-refractivity contribution < 1.29 is 19.3 Å². The van der Waals surface area contributed by atoms with Gasteiger partial charge in [0.2, 0.25) is 5.91 Å². The van der Waals surface area contributed by atoms with E-state index >= 15 is 0 Å². The lowest BCUT2D eigenvalue weighted by atomic mass is 9.93. The molecule has 0 spiro atoms. The van der Waals surface area contributed by atoms with Crippen LogP contribution in [-0.2, 0) is 16.1 Å². The van der Waals surface area contributed by atoms with Crippen molar-refractivity contribution in [1.29, 1.82) is 0 Å². The lowest BCUT2D eigenvalue weighted by molar-refractivity contribution is -0.689. The zero-order valence-corrected chi connectivity index (χ0v) is 13.5. The van der Waals surface area contributed by atoms with E-state index in [0.29, 0.717) is 17.9 Å². The average Bonchev–Trinajstić information content (AvgIpc) is 2.48. The Labute approximate surface area is 138 Å². The molecule has 2 atom stereocenters. The summed E-state index contributed by atoms with van der Waals surface area (Å²) in [6, 6.07) is 4.95. The first-order valence-electron chi connectivity index (χ1n) is 6.56. The number of nitrogens with two attached hydrogens (primary N) is 1. The molecule has 118 valence electrons. The quantitative estimate of drug-likeness (QED) is 0.564. The van der Waals surface area contributed by atoms with E-state index in [1.165, 1.54) is 16.7 Å². The number of thioether (sulfide) groups is 1. The predicted molar refractivity (Wildman–Crippen MR) is 81.6 cm³/mol. The molecule has 8 heteroatoms. The lowest BCUT2D eigenvalue weighted by Crippen LogP contribution is -2.76. The van der Waals surface area contributed by atoms with Crippen molar-refractivity contribution in [3.8, 4) is 0 Å². The fourth-order valence-electron chi connectivity index (χ4n) is 2.72. The van der Waals surface area contributed by atoms with Crippen LogP contribution in [0.3, 0.4) is 0 Å². The molecule has 2 N–H and O–H groups in total. The van der Waals surface area contributed by atoms with Crippen LogP contribution in [0.5, 0.6) is 0 Å². The van der Waals surface area contributed by atoms with Gasteiger partial charge in [-0.25, -0.2) is 4.57 Å². The number of hydrogen-bond acceptors (Lipinski definition) is 5. The molecule has 1 saturated heterocycles. The summed E-state index contributed by atoms with van der Waals surface area (Å²) in [7, 11) is 0. The molecule has 0 aromatic carbocycles. The fourth-order valence-corrected chi connectivity index (χ4v) is 4.01. The third-order valence-electron chi connectivity index (χ3n) is 3.95. The molecule has 1 fully saturated rings. The first kappa shape index (κ1) is 16.8. The van der Waals surface area contributed by atoms with E-state index in [9.17, 15) is 14.7 Å². The number of aromatic nitrogens is 1. The highest BCUT2D eigenvalue weighted by molar-refractivity contribution is 8.01. The van der Waals surface area contributed by atoms with Gasteiger partial charge < -0.3 is 15.6 Å². The number of carboxylic acid groups (broad SMARTS) is 1. The summed E-state index contributed by atoms with van der Waals surface area (Å²) in [5, 5.41) is 11.5. The van der Waals surface area contributed by atoms with Crippen LogP contribution in [0.2, 0.25) is 0 Å². The molecule has 6 nitrogen and oxygen atoms in total. The molecule has 2 aliphatic heterocycles. The number of fused-ring (bicyclic) bond motifs is 1. The zero-order chi connectivity index (χ0) is 15.2. The van der Waals surface area contributed by atoms with Gasteiger partial charge in [0, 0.05) is 23.5 Å². The third kappa shape index (κ3) is 2.39. The van der Waals surface area contributed by atoms with Crippen molar-refractivity contribution in [2.75, 3.05) is 5.75 Å². The van der Waals surface area contributed by atoms with Crippen LogP contribution in [0.25, 0.3) is 0 Å². The van der Waals surface area contributed by atoms with E-state index < -0.39 is 16.9 Å². The fraction of sp³-hybridized carbons (Fsp3) is 0.357. The summed E-state index contributed by atoms with van der Waals surface area (Å²) in [6.45, 7) is 2.20. The van der Waals surface area contributed by atoms with Gasteiger partial charge >= 0.3 is 0 Å². The monoisotopic (exact) mass is 341 g/mol. The molecular formula is C14H16ClN3O3S. The number of nitrogens with zero attached hydrogens (tertiary/aromatic N) is 2. The molecule has 0 aliphatic carbocycles. The number of aliphatic carboxylic acids is 1. The SMILES string of the molecule is C[C@]12SCC(C[n+]3ccccc3)=C(C(=O)[O-])N1C(=O)[C@H]2N.Cl. The lowest BCUT2D eigenvalue weighted by Gasteiger charge is -2.57. The number of halogens is 1. The van der Waals surface area contributed by atoms with Crippen LogP contribution in [0, 0.1) is 0 Å². The second-order valence-electron chi connectivity index (χ2n) is 5.28. The summed E-state index contributed by atoms with van der Waals surface area (Å²) in [5.74, 6) is -1.17. The van der Waals surface area contributed by atoms with Gasteiger partial charge in [0.1, 0.15) is 10.9 Å². The Morgan fingerprint density at radius 2 is 2.14 bits per heavy atom. The van der Waals surface area contributed by atoms with Crippen molar-refractivity contribution in [2.45, 2.75) is 24.4 Å². The van der Waals surface area contributed by atoms with Crippen LogP contribution >= 0.6 is 24.2 Å². The number of rotatable bonds is 3. The van der Waals surface area contributed by atoms with Gasteiger partial charge in [-0.15, -0.1) is 24.2 Å². The maximum Gasteiger partial charge on any atom is 0.248 e. The number of carbonyl (C=O) groups excluding carboxylic acids is 2. The van der Waals surface area contributed by atoms with Crippen molar-refractivity contribution in [2.24, 2.45) is 5.73 Å². The van der Waals surface area contributed by atoms with E-state index in [2.05, 4.69) is 0 Å². The van der Waals surface area contributed by atoms with Crippen LogP contribution in [0.1, 0.15) is 6.92 Å².